The third-order valence-electron chi connectivity index (χ3n) is 5.05. The second-order valence-corrected chi connectivity index (χ2v) is 8.40. The molecule has 6 nitrogen and oxygen atoms in total. The first-order valence-corrected chi connectivity index (χ1v) is 9.86. The fraction of sp³-hybridized carbons (Fsp3) is 0.471. The van der Waals surface area contributed by atoms with Crippen molar-refractivity contribution >= 4 is 10.0 Å². The maximum absolute atomic E-state index is 12.4. The van der Waals surface area contributed by atoms with Gasteiger partial charge in [0.1, 0.15) is 4.90 Å². The van der Waals surface area contributed by atoms with E-state index in [2.05, 4.69) is 39.0 Å². The summed E-state index contributed by atoms with van der Waals surface area (Å²) in [5.41, 5.74) is 1.31. The van der Waals surface area contributed by atoms with Crippen LogP contribution in [0, 0.1) is 11.8 Å². The van der Waals surface area contributed by atoms with E-state index in [1.807, 2.05) is 13.0 Å². The van der Waals surface area contributed by atoms with Gasteiger partial charge in [0.15, 0.2) is 0 Å². The molecular weight excluding hydrogens is 324 g/mol. The van der Waals surface area contributed by atoms with Gasteiger partial charge in [0.05, 0.1) is 6.20 Å². The van der Waals surface area contributed by atoms with Crippen molar-refractivity contribution in [2.24, 2.45) is 11.8 Å². The molecule has 0 radical (unpaired) electrons. The number of nitrogens with one attached hydrogen (secondary N) is 1. The monoisotopic (exact) mass is 346 g/mol. The zero-order valence-corrected chi connectivity index (χ0v) is 14.5. The Hall–Kier alpha value is -1.70. The second-order valence-electron chi connectivity index (χ2n) is 6.69. The molecule has 128 valence electrons. The number of hydrogen-bond donors (Lipinski definition) is 1. The minimum atomic E-state index is -3.46. The topological polar surface area (TPSA) is 67.2 Å². The summed E-state index contributed by atoms with van der Waals surface area (Å²) in [4.78, 5) is 2.67. The molecule has 0 bridgehead atoms. The number of benzene rings is 1. The Morgan fingerprint density at radius 3 is 2.54 bits per heavy atom. The summed E-state index contributed by atoms with van der Waals surface area (Å²) in [6.45, 7) is 5.46. The van der Waals surface area contributed by atoms with Crippen LogP contribution >= 0.6 is 0 Å². The first-order valence-electron chi connectivity index (χ1n) is 8.38. The third-order valence-corrected chi connectivity index (χ3v) is 6.47. The van der Waals surface area contributed by atoms with Crippen LogP contribution in [0.2, 0.25) is 0 Å². The largest absolute Gasteiger partial charge is 0.298 e. The first kappa shape index (κ1) is 15.8. The van der Waals surface area contributed by atoms with Crippen molar-refractivity contribution in [2.75, 3.05) is 13.1 Å². The molecule has 0 spiro atoms. The number of rotatable bonds is 6. The van der Waals surface area contributed by atoms with Gasteiger partial charge in [-0.05, 0) is 24.3 Å². The van der Waals surface area contributed by atoms with Gasteiger partial charge in [0.2, 0.25) is 10.0 Å². The summed E-state index contributed by atoms with van der Waals surface area (Å²) in [5, 5.41) is 4.05. The van der Waals surface area contributed by atoms with E-state index in [9.17, 15) is 8.42 Å². The molecule has 2 heterocycles. The van der Waals surface area contributed by atoms with Gasteiger partial charge < -0.3 is 0 Å². The lowest BCUT2D eigenvalue weighted by atomic mass is 10.2. The minimum Gasteiger partial charge on any atom is -0.298 e. The molecule has 24 heavy (non-hydrogen) atoms. The van der Waals surface area contributed by atoms with Gasteiger partial charge in [-0.1, -0.05) is 30.3 Å². The molecular formula is C17H22N4O2S. The lowest BCUT2D eigenvalue weighted by Crippen LogP contribution is -2.34. The van der Waals surface area contributed by atoms with Crippen molar-refractivity contribution in [1.29, 1.82) is 0 Å². The number of sulfonamides is 1. The molecule has 1 aromatic carbocycles. The molecule has 1 N–H and O–H groups in total. The summed E-state index contributed by atoms with van der Waals surface area (Å²) in [6.07, 6.45) is 3.01. The number of aromatic nitrogens is 2. The van der Waals surface area contributed by atoms with Gasteiger partial charge in [-0.25, -0.2) is 13.1 Å². The number of piperidine rings is 1. The van der Waals surface area contributed by atoms with Crippen LogP contribution < -0.4 is 4.72 Å². The average molecular weight is 346 g/mol. The maximum Gasteiger partial charge on any atom is 0.243 e. The van der Waals surface area contributed by atoms with Gasteiger partial charge in [0.25, 0.3) is 0 Å². The summed E-state index contributed by atoms with van der Waals surface area (Å²) < 4.78 is 29.4. The SMILES string of the molecule is CCn1cc(S(=O)(=O)NC2[C@H]3CN(Cc4ccccc4)C[C@H]23)cn1. The maximum atomic E-state index is 12.4. The van der Waals surface area contributed by atoms with E-state index < -0.39 is 10.0 Å². The average Bonchev–Trinajstić information content (AvgIpc) is 3.01. The first-order chi connectivity index (χ1) is 11.6. The molecule has 0 amide bonds. The standard InChI is InChI=1S/C17H22N4O2S/c1-2-21-10-14(8-18-21)24(22,23)19-17-15-11-20(12-16(15)17)9-13-6-4-3-5-7-13/h3-8,10,15-17,19H,2,9,11-12H2,1H3/t15-,16-/m0/s1. The molecule has 7 heteroatoms. The van der Waals surface area contributed by atoms with Gasteiger partial charge in [-0.2, -0.15) is 5.10 Å². The predicted octanol–water partition coefficient (Wildman–Crippen LogP) is 1.31. The summed E-state index contributed by atoms with van der Waals surface area (Å²) >= 11 is 0. The van der Waals surface area contributed by atoms with Crippen LogP contribution in [0.25, 0.3) is 0 Å². The Kier molecular flexibility index (Phi) is 3.94. The van der Waals surface area contributed by atoms with Crippen molar-refractivity contribution in [3.63, 3.8) is 0 Å². The van der Waals surface area contributed by atoms with Crippen molar-refractivity contribution in [1.82, 2.24) is 19.4 Å². The van der Waals surface area contributed by atoms with Gasteiger partial charge >= 0.3 is 0 Å². The molecule has 2 fully saturated rings. The number of hydrogen-bond acceptors (Lipinski definition) is 4. The highest BCUT2D eigenvalue weighted by molar-refractivity contribution is 7.89. The van der Waals surface area contributed by atoms with Gasteiger partial charge in [-0.3, -0.25) is 9.58 Å². The highest BCUT2D eigenvalue weighted by Crippen LogP contribution is 2.46. The number of nitrogens with zero attached hydrogens (tertiary/aromatic N) is 3. The van der Waals surface area contributed by atoms with Crippen LogP contribution in [-0.2, 0) is 23.1 Å². The molecule has 2 aromatic rings. The normalized spacial score (nSPS) is 26.5. The van der Waals surface area contributed by atoms with E-state index in [0.717, 1.165) is 19.6 Å². The summed E-state index contributed by atoms with van der Waals surface area (Å²) in [7, 11) is -3.46. The van der Waals surface area contributed by atoms with Crippen molar-refractivity contribution < 1.29 is 8.42 Å². The Labute approximate surface area is 142 Å². The van der Waals surface area contributed by atoms with Gasteiger partial charge in [0, 0.05) is 38.4 Å². The van der Waals surface area contributed by atoms with E-state index in [-0.39, 0.29) is 10.9 Å². The van der Waals surface area contributed by atoms with E-state index in [1.165, 1.54) is 11.8 Å². The second kappa shape index (κ2) is 5.98. The fourth-order valence-corrected chi connectivity index (χ4v) is 4.95. The van der Waals surface area contributed by atoms with Crippen LogP contribution in [0.3, 0.4) is 0 Å². The number of fused-ring (bicyclic) bond motifs is 1. The molecule has 1 saturated heterocycles. The highest BCUT2D eigenvalue weighted by atomic mass is 32.2. The van der Waals surface area contributed by atoms with Crippen molar-refractivity contribution in [3.8, 4) is 0 Å². The Bertz CT molecular complexity index is 806. The quantitative estimate of drug-likeness (QED) is 0.856. The molecule has 1 aliphatic heterocycles. The molecule has 1 aromatic heterocycles. The van der Waals surface area contributed by atoms with Crippen molar-refractivity contribution in [2.45, 2.75) is 31.0 Å². The molecule has 1 saturated carbocycles. The van der Waals surface area contributed by atoms with E-state index in [0.29, 0.717) is 18.4 Å². The fourth-order valence-electron chi connectivity index (χ4n) is 3.66. The van der Waals surface area contributed by atoms with E-state index >= 15 is 0 Å². The Balaban J connectivity index is 1.33. The number of likely N-dealkylation sites (tertiary alicyclic amines) is 1. The summed E-state index contributed by atoms with van der Waals surface area (Å²) in [6, 6.07) is 10.5. The van der Waals surface area contributed by atoms with Gasteiger partial charge in [-0.15, -0.1) is 0 Å². The number of aryl methyl sites for hydroxylation is 1. The minimum absolute atomic E-state index is 0.0759. The smallest absolute Gasteiger partial charge is 0.243 e. The van der Waals surface area contributed by atoms with Crippen LogP contribution in [0.1, 0.15) is 12.5 Å². The zero-order chi connectivity index (χ0) is 16.7. The Morgan fingerprint density at radius 1 is 1.21 bits per heavy atom. The van der Waals surface area contributed by atoms with E-state index in [1.54, 1.807) is 10.9 Å². The molecule has 0 unspecified atom stereocenters. The molecule has 1 aliphatic carbocycles. The zero-order valence-electron chi connectivity index (χ0n) is 13.7. The van der Waals surface area contributed by atoms with Crippen LogP contribution in [-0.4, -0.2) is 42.2 Å². The highest BCUT2D eigenvalue weighted by Gasteiger charge is 2.57. The van der Waals surface area contributed by atoms with E-state index in [4.69, 9.17) is 0 Å². The van der Waals surface area contributed by atoms with Crippen molar-refractivity contribution in [3.05, 3.63) is 48.3 Å². The molecule has 2 aliphatic rings. The third kappa shape index (κ3) is 2.99. The van der Waals surface area contributed by atoms with Crippen LogP contribution in [0.5, 0.6) is 0 Å². The predicted molar refractivity (Wildman–Crippen MR) is 90.7 cm³/mol. The molecule has 2 atom stereocenters. The lowest BCUT2D eigenvalue weighted by molar-refractivity contribution is 0.287. The summed E-state index contributed by atoms with van der Waals surface area (Å²) in [5.74, 6) is 0.870. The Morgan fingerprint density at radius 2 is 1.92 bits per heavy atom. The molecule has 4 rings (SSSR count). The lowest BCUT2D eigenvalue weighted by Gasteiger charge is -2.19. The van der Waals surface area contributed by atoms with Crippen LogP contribution in [0.4, 0.5) is 0 Å². The van der Waals surface area contributed by atoms with Crippen LogP contribution in [0.15, 0.2) is 47.6 Å².